The van der Waals surface area contributed by atoms with Gasteiger partial charge in [-0.15, -0.1) is 0 Å². The van der Waals surface area contributed by atoms with E-state index in [1.807, 2.05) is 19.1 Å². The predicted octanol–water partition coefficient (Wildman–Crippen LogP) is 0.785. The minimum atomic E-state index is -2.95. The summed E-state index contributed by atoms with van der Waals surface area (Å²) in [7, 11) is -2.95. The monoisotopic (exact) mass is 300 g/mol. The van der Waals surface area contributed by atoms with E-state index in [-0.39, 0.29) is 29.2 Å². The number of thioether (sulfide) groups is 1. The Balaban J connectivity index is 1.77. The average Bonchev–Trinajstić information content (AvgIpc) is 2.68. The summed E-state index contributed by atoms with van der Waals surface area (Å²) in [4.78, 5) is 15.9. The van der Waals surface area contributed by atoms with Crippen LogP contribution in [0.2, 0.25) is 0 Å². The highest BCUT2D eigenvalue weighted by Crippen LogP contribution is 2.16. The molecule has 19 heavy (non-hydrogen) atoms. The van der Waals surface area contributed by atoms with Crippen LogP contribution < -0.4 is 5.32 Å². The van der Waals surface area contributed by atoms with Crippen LogP contribution in [0.15, 0.2) is 23.4 Å². The number of pyridine rings is 1. The molecule has 1 aliphatic heterocycles. The number of hydrogen-bond acceptors (Lipinski definition) is 5. The summed E-state index contributed by atoms with van der Waals surface area (Å²) < 4.78 is 22.5. The van der Waals surface area contributed by atoms with E-state index in [1.54, 1.807) is 6.20 Å². The van der Waals surface area contributed by atoms with E-state index < -0.39 is 9.84 Å². The highest BCUT2D eigenvalue weighted by atomic mass is 32.2. The van der Waals surface area contributed by atoms with Gasteiger partial charge in [-0.05, 0) is 25.0 Å². The van der Waals surface area contributed by atoms with Gasteiger partial charge in [-0.1, -0.05) is 17.8 Å². The molecule has 1 unspecified atom stereocenters. The van der Waals surface area contributed by atoms with Crippen molar-refractivity contribution in [3.05, 3.63) is 23.9 Å². The van der Waals surface area contributed by atoms with Gasteiger partial charge in [0.1, 0.15) is 0 Å². The smallest absolute Gasteiger partial charge is 0.230 e. The van der Waals surface area contributed by atoms with Crippen LogP contribution in [0.3, 0.4) is 0 Å². The molecule has 0 spiro atoms. The first kappa shape index (κ1) is 14.3. The number of sulfone groups is 1. The Morgan fingerprint density at radius 3 is 2.89 bits per heavy atom. The zero-order valence-corrected chi connectivity index (χ0v) is 12.3. The van der Waals surface area contributed by atoms with Crippen LogP contribution in [0.25, 0.3) is 0 Å². The fraction of sp³-hybridized carbons (Fsp3) is 0.500. The van der Waals surface area contributed by atoms with Gasteiger partial charge in [0.15, 0.2) is 9.84 Å². The highest BCUT2D eigenvalue weighted by Gasteiger charge is 2.28. The van der Waals surface area contributed by atoms with Crippen molar-refractivity contribution in [3.63, 3.8) is 0 Å². The SMILES string of the molecule is Cc1ccc(SCC(=O)NC2CCS(=O)(=O)C2)nc1. The van der Waals surface area contributed by atoms with Crippen molar-refractivity contribution in [2.75, 3.05) is 17.3 Å². The van der Waals surface area contributed by atoms with E-state index in [0.29, 0.717) is 6.42 Å². The largest absolute Gasteiger partial charge is 0.352 e. The lowest BCUT2D eigenvalue weighted by molar-refractivity contribution is -0.119. The molecule has 1 aromatic heterocycles. The first-order chi connectivity index (χ1) is 8.94. The number of aromatic nitrogens is 1. The molecule has 0 radical (unpaired) electrons. The Morgan fingerprint density at radius 1 is 1.53 bits per heavy atom. The molecule has 0 aromatic carbocycles. The summed E-state index contributed by atoms with van der Waals surface area (Å²) in [5, 5.41) is 3.54. The van der Waals surface area contributed by atoms with Gasteiger partial charge in [0.25, 0.3) is 0 Å². The second kappa shape index (κ2) is 5.92. The van der Waals surface area contributed by atoms with Crippen molar-refractivity contribution in [2.45, 2.75) is 24.4 Å². The maximum Gasteiger partial charge on any atom is 0.230 e. The quantitative estimate of drug-likeness (QED) is 0.832. The van der Waals surface area contributed by atoms with Crippen molar-refractivity contribution in [3.8, 4) is 0 Å². The van der Waals surface area contributed by atoms with Gasteiger partial charge in [-0.25, -0.2) is 13.4 Å². The Hall–Kier alpha value is -1.08. The third kappa shape index (κ3) is 4.50. The average molecular weight is 300 g/mol. The first-order valence-electron chi connectivity index (χ1n) is 6.00. The third-order valence-electron chi connectivity index (χ3n) is 2.83. The van der Waals surface area contributed by atoms with Crippen LogP contribution in [0, 0.1) is 6.92 Å². The second-order valence-corrected chi connectivity index (χ2v) is 7.85. The van der Waals surface area contributed by atoms with Crippen molar-refractivity contribution < 1.29 is 13.2 Å². The molecule has 1 amide bonds. The molecular weight excluding hydrogens is 284 g/mol. The second-order valence-electron chi connectivity index (χ2n) is 4.63. The Bertz CT molecular complexity index is 555. The molecule has 1 fully saturated rings. The molecule has 0 bridgehead atoms. The van der Waals surface area contributed by atoms with E-state index in [0.717, 1.165) is 10.6 Å². The topological polar surface area (TPSA) is 76.1 Å². The molecule has 2 heterocycles. The molecule has 104 valence electrons. The minimum absolute atomic E-state index is 0.0617. The normalized spacial score (nSPS) is 21.2. The fourth-order valence-electron chi connectivity index (χ4n) is 1.86. The summed E-state index contributed by atoms with van der Waals surface area (Å²) in [6, 6.07) is 3.58. The molecule has 1 atom stereocenters. The number of carbonyl (C=O) groups excluding carboxylic acids is 1. The van der Waals surface area contributed by atoms with E-state index in [4.69, 9.17) is 0 Å². The number of nitrogens with one attached hydrogen (secondary N) is 1. The highest BCUT2D eigenvalue weighted by molar-refractivity contribution is 7.99. The molecule has 1 saturated heterocycles. The van der Waals surface area contributed by atoms with Gasteiger partial charge < -0.3 is 5.32 Å². The summed E-state index contributed by atoms with van der Waals surface area (Å²) in [5.74, 6) is 0.345. The van der Waals surface area contributed by atoms with Crippen LogP contribution in [0.5, 0.6) is 0 Å². The number of aryl methyl sites for hydroxylation is 1. The van der Waals surface area contributed by atoms with Gasteiger partial charge in [0.05, 0.1) is 22.3 Å². The summed E-state index contributed by atoms with van der Waals surface area (Å²) in [5.41, 5.74) is 1.07. The fourth-order valence-corrected chi connectivity index (χ4v) is 4.18. The van der Waals surface area contributed by atoms with Gasteiger partial charge >= 0.3 is 0 Å². The standard InChI is InChI=1S/C12H16N2O3S2/c1-9-2-3-12(13-6-9)18-7-11(15)14-10-4-5-19(16,17)8-10/h2-3,6,10H,4-5,7-8H2,1H3,(H,14,15). The van der Waals surface area contributed by atoms with E-state index in [2.05, 4.69) is 10.3 Å². The van der Waals surface area contributed by atoms with Crippen molar-refractivity contribution in [2.24, 2.45) is 0 Å². The first-order valence-corrected chi connectivity index (χ1v) is 8.80. The third-order valence-corrected chi connectivity index (χ3v) is 5.54. The number of rotatable bonds is 4. The van der Waals surface area contributed by atoms with Gasteiger partial charge in [0.2, 0.25) is 5.91 Å². The van der Waals surface area contributed by atoms with Crippen molar-refractivity contribution >= 4 is 27.5 Å². The van der Waals surface area contributed by atoms with Crippen LogP contribution in [-0.2, 0) is 14.6 Å². The molecule has 1 N–H and O–H groups in total. The molecule has 1 aromatic rings. The van der Waals surface area contributed by atoms with Crippen LogP contribution >= 0.6 is 11.8 Å². The molecule has 0 aliphatic carbocycles. The molecule has 7 heteroatoms. The number of nitrogens with zero attached hydrogens (tertiary/aromatic N) is 1. The number of amides is 1. The summed E-state index contributed by atoms with van der Waals surface area (Å²) in [6.45, 7) is 1.95. The number of carbonyl (C=O) groups is 1. The lowest BCUT2D eigenvalue weighted by Gasteiger charge is -2.10. The van der Waals surface area contributed by atoms with Gasteiger partial charge in [0, 0.05) is 12.2 Å². The molecule has 1 aliphatic rings. The zero-order chi connectivity index (χ0) is 13.9. The summed E-state index contributed by atoms with van der Waals surface area (Å²) >= 11 is 1.35. The number of hydrogen-bond donors (Lipinski definition) is 1. The van der Waals surface area contributed by atoms with Crippen LogP contribution in [0.4, 0.5) is 0 Å². The Kier molecular flexibility index (Phi) is 4.46. The maximum atomic E-state index is 11.7. The van der Waals surface area contributed by atoms with E-state index in [1.165, 1.54) is 11.8 Å². The van der Waals surface area contributed by atoms with Gasteiger partial charge in [-0.3, -0.25) is 4.79 Å². The van der Waals surface area contributed by atoms with Crippen LogP contribution in [-0.4, -0.2) is 42.6 Å². The minimum Gasteiger partial charge on any atom is -0.352 e. The maximum absolute atomic E-state index is 11.7. The zero-order valence-electron chi connectivity index (χ0n) is 10.6. The Labute approximate surface area is 117 Å². The summed E-state index contributed by atoms with van der Waals surface area (Å²) in [6.07, 6.45) is 2.27. The van der Waals surface area contributed by atoms with E-state index in [9.17, 15) is 13.2 Å². The lowest BCUT2D eigenvalue weighted by Crippen LogP contribution is -2.36. The van der Waals surface area contributed by atoms with Crippen LogP contribution in [0.1, 0.15) is 12.0 Å². The van der Waals surface area contributed by atoms with Crippen molar-refractivity contribution in [1.29, 1.82) is 0 Å². The lowest BCUT2D eigenvalue weighted by atomic mass is 10.3. The van der Waals surface area contributed by atoms with Gasteiger partial charge in [-0.2, -0.15) is 0 Å². The molecular formula is C12H16N2O3S2. The molecule has 0 saturated carbocycles. The predicted molar refractivity (Wildman–Crippen MR) is 74.9 cm³/mol. The molecule has 2 rings (SSSR count). The Morgan fingerprint density at radius 2 is 2.32 bits per heavy atom. The van der Waals surface area contributed by atoms with E-state index >= 15 is 0 Å². The van der Waals surface area contributed by atoms with Crippen molar-refractivity contribution in [1.82, 2.24) is 10.3 Å². The molecule has 5 nitrogen and oxygen atoms in total.